The molecule has 0 saturated carbocycles. The first kappa shape index (κ1) is 28.1. The largest absolute Gasteiger partial charge is 0.497 e. The fraction of sp³-hybridized carbons (Fsp3) is 0.152. The van der Waals surface area contributed by atoms with Gasteiger partial charge in [-0.15, -0.1) is 0 Å². The second-order valence-corrected chi connectivity index (χ2v) is 9.63. The normalized spacial score (nSPS) is 10.6. The van der Waals surface area contributed by atoms with Crippen LogP contribution in [0.15, 0.2) is 102 Å². The first-order valence-electron chi connectivity index (χ1n) is 13.5. The molecule has 0 fully saturated rings. The van der Waals surface area contributed by atoms with Crippen LogP contribution in [0, 0.1) is 13.8 Å². The van der Waals surface area contributed by atoms with Gasteiger partial charge < -0.3 is 20.1 Å². The Bertz CT molecular complexity index is 1750. The van der Waals surface area contributed by atoms with E-state index in [1.54, 1.807) is 61.8 Å². The van der Waals surface area contributed by atoms with Crippen LogP contribution in [0.3, 0.4) is 0 Å². The summed E-state index contributed by atoms with van der Waals surface area (Å²) >= 11 is 0. The lowest BCUT2D eigenvalue weighted by Gasteiger charge is -2.16. The maximum Gasteiger partial charge on any atom is 0.299 e. The minimum Gasteiger partial charge on any atom is -0.497 e. The van der Waals surface area contributed by atoms with Gasteiger partial charge in [0.05, 0.1) is 19.0 Å². The Morgan fingerprint density at radius 2 is 1.74 bits per heavy atom. The van der Waals surface area contributed by atoms with Crippen molar-refractivity contribution in [3.8, 4) is 22.9 Å². The number of methoxy groups -OCH3 is 1. The number of carbonyl (C=O) groups excluding carboxylic acids is 1. The van der Waals surface area contributed by atoms with Gasteiger partial charge in [-0.1, -0.05) is 24.3 Å². The molecule has 42 heavy (non-hydrogen) atoms. The Balaban J connectivity index is 1.44. The quantitative estimate of drug-likeness (QED) is 0.223. The molecule has 0 aliphatic rings. The Hall–Kier alpha value is -5.44. The van der Waals surface area contributed by atoms with Crippen LogP contribution in [0.4, 0.5) is 11.4 Å². The van der Waals surface area contributed by atoms with Gasteiger partial charge in [0.1, 0.15) is 11.5 Å². The highest BCUT2D eigenvalue weighted by molar-refractivity contribution is 5.95. The van der Waals surface area contributed by atoms with E-state index < -0.39 is 5.56 Å². The number of pyridine rings is 1. The van der Waals surface area contributed by atoms with Crippen molar-refractivity contribution in [2.45, 2.75) is 20.3 Å². The predicted octanol–water partition coefficient (Wildman–Crippen LogP) is 5.76. The van der Waals surface area contributed by atoms with E-state index in [1.807, 2.05) is 50.2 Å². The van der Waals surface area contributed by atoms with Crippen molar-refractivity contribution in [2.24, 2.45) is 0 Å². The van der Waals surface area contributed by atoms with Crippen LogP contribution in [0.25, 0.3) is 5.69 Å². The number of amides is 1. The van der Waals surface area contributed by atoms with E-state index in [4.69, 9.17) is 9.47 Å². The second-order valence-electron chi connectivity index (χ2n) is 9.63. The number of rotatable bonds is 10. The average molecular weight is 562 g/mol. The van der Waals surface area contributed by atoms with Crippen LogP contribution in [0.5, 0.6) is 17.2 Å². The zero-order valence-electron chi connectivity index (χ0n) is 23.6. The van der Waals surface area contributed by atoms with Gasteiger partial charge in [-0.25, -0.2) is 0 Å². The van der Waals surface area contributed by atoms with Crippen LogP contribution < -0.4 is 25.7 Å². The third kappa shape index (κ3) is 6.47. The molecule has 1 amide bonds. The molecule has 0 radical (unpaired) electrons. The van der Waals surface area contributed by atoms with Crippen molar-refractivity contribution in [1.82, 2.24) is 20.1 Å². The standard InChI is InChI=1S/C33H31N5O4/c1-22-8-6-12-29(23(22)2)42-30-21-36-38(27-13-15-28(41-3)16-14-27)33(40)31(30)37-26-11-7-9-24(20-26)32(39)35-19-17-25-10-4-5-18-34-25/h4-16,18,20-21,37H,17,19H2,1-3H3,(H,35,39). The molecule has 2 N–H and O–H groups in total. The highest BCUT2D eigenvalue weighted by atomic mass is 16.5. The zero-order chi connectivity index (χ0) is 29.5. The van der Waals surface area contributed by atoms with Crippen LogP contribution in [0.1, 0.15) is 27.2 Å². The second kappa shape index (κ2) is 12.8. The summed E-state index contributed by atoms with van der Waals surface area (Å²) in [5, 5.41) is 10.5. The third-order valence-electron chi connectivity index (χ3n) is 6.82. The molecule has 212 valence electrons. The molecular formula is C33H31N5O4. The zero-order valence-corrected chi connectivity index (χ0v) is 23.6. The summed E-state index contributed by atoms with van der Waals surface area (Å²) in [6.45, 7) is 4.39. The molecule has 2 aromatic heterocycles. The molecule has 0 saturated heterocycles. The highest BCUT2D eigenvalue weighted by Gasteiger charge is 2.17. The molecule has 9 heteroatoms. The lowest BCUT2D eigenvalue weighted by Crippen LogP contribution is -2.26. The predicted molar refractivity (Wildman–Crippen MR) is 162 cm³/mol. The van der Waals surface area contributed by atoms with E-state index in [0.29, 0.717) is 41.4 Å². The van der Waals surface area contributed by atoms with E-state index in [9.17, 15) is 9.59 Å². The Kier molecular flexibility index (Phi) is 8.58. The highest BCUT2D eigenvalue weighted by Crippen LogP contribution is 2.32. The summed E-state index contributed by atoms with van der Waals surface area (Å²) in [6.07, 6.45) is 3.85. The van der Waals surface area contributed by atoms with Gasteiger partial charge >= 0.3 is 0 Å². The minimum atomic E-state index is -0.423. The number of aryl methyl sites for hydroxylation is 1. The summed E-state index contributed by atoms with van der Waals surface area (Å²) in [5.41, 5.74) is 4.21. The summed E-state index contributed by atoms with van der Waals surface area (Å²) in [7, 11) is 1.58. The topological polar surface area (TPSA) is 107 Å². The molecule has 0 unspecified atom stereocenters. The molecule has 5 aromatic rings. The Labute approximate surface area is 243 Å². The SMILES string of the molecule is COc1ccc(-n2ncc(Oc3cccc(C)c3C)c(Nc3cccc(C(=O)NCCc4ccccn4)c3)c2=O)cc1. The van der Waals surface area contributed by atoms with E-state index in [1.165, 1.54) is 10.9 Å². The van der Waals surface area contributed by atoms with Crippen molar-refractivity contribution in [3.05, 3.63) is 130 Å². The van der Waals surface area contributed by atoms with Crippen LogP contribution in [-0.2, 0) is 6.42 Å². The number of hydrogen-bond acceptors (Lipinski definition) is 7. The maximum absolute atomic E-state index is 13.8. The number of benzene rings is 3. The summed E-state index contributed by atoms with van der Waals surface area (Å²) in [4.78, 5) is 31.0. The maximum atomic E-state index is 13.8. The molecule has 0 aliphatic heterocycles. The van der Waals surface area contributed by atoms with Gasteiger partial charge in [-0.05, 0) is 85.6 Å². The molecule has 9 nitrogen and oxygen atoms in total. The first-order valence-corrected chi connectivity index (χ1v) is 13.5. The molecule has 0 aliphatic carbocycles. The first-order chi connectivity index (χ1) is 20.4. The molecule has 0 bridgehead atoms. The van der Waals surface area contributed by atoms with E-state index in [-0.39, 0.29) is 17.3 Å². The van der Waals surface area contributed by atoms with Gasteiger partial charge in [0.25, 0.3) is 11.5 Å². The number of anilines is 2. The van der Waals surface area contributed by atoms with Gasteiger partial charge in [-0.3, -0.25) is 14.6 Å². The lowest BCUT2D eigenvalue weighted by molar-refractivity contribution is 0.0954. The molecule has 3 aromatic carbocycles. The number of nitrogens with one attached hydrogen (secondary N) is 2. The monoisotopic (exact) mass is 561 g/mol. The molecule has 2 heterocycles. The summed E-state index contributed by atoms with van der Waals surface area (Å²) in [5.74, 6) is 1.30. The number of hydrogen-bond donors (Lipinski definition) is 2. The molecule has 5 rings (SSSR count). The Morgan fingerprint density at radius 3 is 2.50 bits per heavy atom. The van der Waals surface area contributed by atoms with Crippen LogP contribution >= 0.6 is 0 Å². The number of aromatic nitrogens is 3. The Morgan fingerprint density at radius 1 is 0.929 bits per heavy atom. The fourth-order valence-electron chi connectivity index (χ4n) is 4.33. The van der Waals surface area contributed by atoms with Crippen LogP contribution in [-0.4, -0.2) is 34.3 Å². The van der Waals surface area contributed by atoms with Crippen molar-refractivity contribution < 1.29 is 14.3 Å². The third-order valence-corrected chi connectivity index (χ3v) is 6.82. The number of nitrogens with zero attached hydrogens (tertiary/aromatic N) is 3. The fourth-order valence-corrected chi connectivity index (χ4v) is 4.33. The molecule has 0 spiro atoms. The van der Waals surface area contributed by atoms with E-state index >= 15 is 0 Å². The van der Waals surface area contributed by atoms with Gasteiger partial charge in [0, 0.05) is 36.1 Å². The lowest BCUT2D eigenvalue weighted by atomic mass is 10.1. The van der Waals surface area contributed by atoms with Crippen molar-refractivity contribution in [2.75, 3.05) is 19.0 Å². The van der Waals surface area contributed by atoms with Gasteiger partial charge in [0.15, 0.2) is 11.4 Å². The van der Waals surface area contributed by atoms with Gasteiger partial charge in [0.2, 0.25) is 0 Å². The average Bonchev–Trinajstić information content (AvgIpc) is 3.02. The van der Waals surface area contributed by atoms with Crippen molar-refractivity contribution >= 4 is 17.3 Å². The van der Waals surface area contributed by atoms with Crippen molar-refractivity contribution in [1.29, 1.82) is 0 Å². The molecular weight excluding hydrogens is 530 g/mol. The summed E-state index contributed by atoms with van der Waals surface area (Å²) in [6, 6.07) is 25.4. The van der Waals surface area contributed by atoms with Crippen LogP contribution in [0.2, 0.25) is 0 Å². The smallest absolute Gasteiger partial charge is 0.299 e. The minimum absolute atomic E-state index is 0.175. The number of ether oxygens (including phenoxy) is 2. The van der Waals surface area contributed by atoms with E-state index in [0.717, 1.165) is 16.8 Å². The van der Waals surface area contributed by atoms with Crippen molar-refractivity contribution in [3.63, 3.8) is 0 Å². The molecule has 0 atom stereocenters. The van der Waals surface area contributed by atoms with Gasteiger partial charge in [-0.2, -0.15) is 9.78 Å². The summed E-state index contributed by atoms with van der Waals surface area (Å²) < 4.78 is 12.8. The number of carbonyl (C=O) groups is 1. The van der Waals surface area contributed by atoms with E-state index in [2.05, 4.69) is 20.7 Å².